The zero-order valence-corrected chi connectivity index (χ0v) is 17.0. The number of carbonyl (C=O) groups is 2. The van der Waals surface area contributed by atoms with Crippen LogP contribution in [0.25, 0.3) is 0 Å². The third kappa shape index (κ3) is 6.00. The molecule has 1 N–H and O–H groups in total. The van der Waals surface area contributed by atoms with Crippen LogP contribution in [-0.4, -0.2) is 54.3 Å². The Kier molecular flexibility index (Phi) is 6.78. The van der Waals surface area contributed by atoms with Gasteiger partial charge in [0.15, 0.2) is 0 Å². The first-order chi connectivity index (χ1) is 13.0. The van der Waals surface area contributed by atoms with Crippen LogP contribution in [0.2, 0.25) is 0 Å². The lowest BCUT2D eigenvalue weighted by molar-refractivity contribution is -0.132. The van der Waals surface area contributed by atoms with Gasteiger partial charge < -0.3 is 10.2 Å². The highest BCUT2D eigenvalue weighted by molar-refractivity contribution is 14.1. The van der Waals surface area contributed by atoms with Crippen LogP contribution in [0, 0.1) is 9.39 Å². The number of rotatable bonds is 5. The van der Waals surface area contributed by atoms with Crippen molar-refractivity contribution >= 4 is 40.1 Å². The zero-order valence-electron chi connectivity index (χ0n) is 14.8. The van der Waals surface area contributed by atoms with Gasteiger partial charge in [-0.1, -0.05) is 12.1 Å². The van der Waals surface area contributed by atoms with Crippen LogP contribution in [0.4, 0.5) is 10.1 Å². The molecule has 1 aliphatic heterocycles. The van der Waals surface area contributed by atoms with Gasteiger partial charge in [-0.05, 0) is 64.6 Å². The second-order valence-corrected chi connectivity index (χ2v) is 7.76. The van der Waals surface area contributed by atoms with Gasteiger partial charge in [0, 0.05) is 35.4 Å². The predicted molar refractivity (Wildman–Crippen MR) is 111 cm³/mol. The molecule has 0 bridgehead atoms. The van der Waals surface area contributed by atoms with E-state index in [2.05, 4.69) is 27.9 Å². The van der Waals surface area contributed by atoms with Crippen molar-refractivity contribution in [2.24, 2.45) is 0 Å². The van der Waals surface area contributed by atoms with Crippen molar-refractivity contribution in [3.05, 3.63) is 63.5 Å². The summed E-state index contributed by atoms with van der Waals surface area (Å²) in [5, 5.41) is 2.89. The summed E-state index contributed by atoms with van der Waals surface area (Å²) in [5.41, 5.74) is 1.59. The topological polar surface area (TPSA) is 52.7 Å². The molecule has 0 radical (unpaired) electrons. The molecule has 7 heteroatoms. The number of piperazine rings is 1. The fourth-order valence-electron chi connectivity index (χ4n) is 2.98. The minimum atomic E-state index is -0.302. The Bertz CT molecular complexity index is 788. The average molecular weight is 481 g/mol. The Morgan fingerprint density at radius 2 is 1.59 bits per heavy atom. The van der Waals surface area contributed by atoms with E-state index in [-0.39, 0.29) is 24.1 Å². The number of hydrogen-bond donors (Lipinski definition) is 1. The van der Waals surface area contributed by atoms with E-state index in [1.54, 1.807) is 17.0 Å². The predicted octanol–water partition coefficient (Wildman–Crippen LogP) is 2.76. The number of nitrogens with zero attached hydrogens (tertiary/aromatic N) is 2. The fraction of sp³-hybridized carbons (Fsp3) is 0.300. The van der Waals surface area contributed by atoms with E-state index in [1.165, 1.54) is 12.1 Å². The van der Waals surface area contributed by atoms with Crippen LogP contribution in [-0.2, 0) is 16.0 Å². The zero-order chi connectivity index (χ0) is 19.2. The lowest BCUT2D eigenvalue weighted by Gasteiger charge is -2.34. The highest BCUT2D eigenvalue weighted by atomic mass is 127. The largest absolute Gasteiger partial charge is 0.340 e. The van der Waals surface area contributed by atoms with Crippen LogP contribution >= 0.6 is 22.6 Å². The first kappa shape index (κ1) is 19.8. The van der Waals surface area contributed by atoms with E-state index < -0.39 is 0 Å². The maximum absolute atomic E-state index is 12.9. The van der Waals surface area contributed by atoms with E-state index in [0.717, 1.165) is 14.8 Å². The third-order valence-electron chi connectivity index (χ3n) is 4.49. The van der Waals surface area contributed by atoms with Crippen LogP contribution in [0.15, 0.2) is 48.5 Å². The van der Waals surface area contributed by atoms with Gasteiger partial charge in [-0.2, -0.15) is 0 Å². The Hall–Kier alpha value is -2.00. The Labute approximate surface area is 171 Å². The van der Waals surface area contributed by atoms with Gasteiger partial charge in [0.25, 0.3) is 0 Å². The normalized spacial score (nSPS) is 14.8. The number of anilines is 1. The molecule has 2 aromatic rings. The minimum absolute atomic E-state index is 0.0320. The maximum Gasteiger partial charge on any atom is 0.238 e. The molecule has 1 fully saturated rings. The molecule has 2 aromatic carbocycles. The molecular weight excluding hydrogens is 460 g/mol. The van der Waals surface area contributed by atoms with Crippen molar-refractivity contribution in [1.29, 1.82) is 0 Å². The molecule has 0 aromatic heterocycles. The molecule has 1 saturated heterocycles. The van der Waals surface area contributed by atoms with Crippen LogP contribution in [0.3, 0.4) is 0 Å². The summed E-state index contributed by atoms with van der Waals surface area (Å²) in [6, 6.07) is 13.7. The Morgan fingerprint density at radius 1 is 0.963 bits per heavy atom. The van der Waals surface area contributed by atoms with Crippen LogP contribution in [0.5, 0.6) is 0 Å². The monoisotopic (exact) mass is 481 g/mol. The van der Waals surface area contributed by atoms with E-state index in [0.29, 0.717) is 32.7 Å². The van der Waals surface area contributed by atoms with Crippen LogP contribution in [0.1, 0.15) is 5.56 Å². The SMILES string of the molecule is O=C(CN1CCN(C(=O)Cc2ccc(F)cc2)CC1)Nc1ccc(I)cc1. The van der Waals surface area contributed by atoms with Gasteiger partial charge in [0.2, 0.25) is 11.8 Å². The molecule has 0 aliphatic carbocycles. The van der Waals surface area contributed by atoms with Crippen LogP contribution < -0.4 is 5.32 Å². The number of halogens is 2. The second-order valence-electron chi connectivity index (χ2n) is 6.52. The number of carbonyl (C=O) groups excluding carboxylic acids is 2. The molecule has 5 nitrogen and oxygen atoms in total. The molecule has 3 rings (SSSR count). The number of amides is 2. The number of nitrogens with one attached hydrogen (secondary N) is 1. The van der Waals surface area contributed by atoms with E-state index >= 15 is 0 Å². The summed E-state index contributed by atoms with van der Waals surface area (Å²) in [7, 11) is 0. The molecule has 0 spiro atoms. The van der Waals surface area contributed by atoms with Crippen molar-refractivity contribution in [3.63, 3.8) is 0 Å². The van der Waals surface area contributed by atoms with Gasteiger partial charge in [-0.15, -0.1) is 0 Å². The summed E-state index contributed by atoms with van der Waals surface area (Å²) >= 11 is 2.22. The number of benzene rings is 2. The summed E-state index contributed by atoms with van der Waals surface area (Å²) in [4.78, 5) is 28.4. The van der Waals surface area contributed by atoms with Crippen molar-refractivity contribution in [2.75, 3.05) is 38.0 Å². The molecule has 0 atom stereocenters. The lowest BCUT2D eigenvalue weighted by atomic mass is 10.1. The molecule has 0 unspecified atom stereocenters. The highest BCUT2D eigenvalue weighted by Gasteiger charge is 2.22. The number of hydrogen-bond acceptors (Lipinski definition) is 3. The molecule has 0 saturated carbocycles. The standard InChI is InChI=1S/C20H21FIN3O2/c21-16-3-1-15(2-4-16)13-20(27)25-11-9-24(10-12-25)14-19(26)23-18-7-5-17(22)6-8-18/h1-8H,9-14H2,(H,23,26). The molecular formula is C20H21FIN3O2. The summed E-state index contributed by atoms with van der Waals surface area (Å²) < 4.78 is 14.1. The molecule has 2 amide bonds. The van der Waals surface area contributed by atoms with Gasteiger partial charge in [0.05, 0.1) is 13.0 Å². The lowest BCUT2D eigenvalue weighted by Crippen LogP contribution is -2.50. The highest BCUT2D eigenvalue weighted by Crippen LogP contribution is 2.12. The van der Waals surface area contributed by atoms with Gasteiger partial charge in [-0.3, -0.25) is 14.5 Å². The van der Waals surface area contributed by atoms with Crippen molar-refractivity contribution in [3.8, 4) is 0 Å². The Balaban J connectivity index is 1.42. The molecule has 1 heterocycles. The minimum Gasteiger partial charge on any atom is -0.340 e. The van der Waals surface area contributed by atoms with Crippen molar-refractivity contribution in [2.45, 2.75) is 6.42 Å². The van der Waals surface area contributed by atoms with Crippen molar-refractivity contribution < 1.29 is 14.0 Å². The Morgan fingerprint density at radius 3 is 2.22 bits per heavy atom. The average Bonchev–Trinajstić information content (AvgIpc) is 2.66. The smallest absolute Gasteiger partial charge is 0.238 e. The van der Waals surface area contributed by atoms with E-state index in [1.807, 2.05) is 29.2 Å². The molecule has 1 aliphatic rings. The summed E-state index contributed by atoms with van der Waals surface area (Å²) in [5.74, 6) is -0.324. The summed E-state index contributed by atoms with van der Waals surface area (Å²) in [6.07, 6.45) is 0.271. The first-order valence-electron chi connectivity index (χ1n) is 8.79. The molecule has 27 heavy (non-hydrogen) atoms. The maximum atomic E-state index is 12.9. The van der Waals surface area contributed by atoms with Gasteiger partial charge in [0.1, 0.15) is 5.82 Å². The summed E-state index contributed by atoms with van der Waals surface area (Å²) in [6.45, 7) is 2.82. The molecule has 142 valence electrons. The fourth-order valence-corrected chi connectivity index (χ4v) is 3.34. The van der Waals surface area contributed by atoms with Crippen molar-refractivity contribution in [1.82, 2.24) is 9.80 Å². The van der Waals surface area contributed by atoms with E-state index in [4.69, 9.17) is 0 Å². The third-order valence-corrected chi connectivity index (χ3v) is 5.21. The first-order valence-corrected chi connectivity index (χ1v) is 9.87. The quantitative estimate of drug-likeness (QED) is 0.669. The second kappa shape index (κ2) is 9.27. The van der Waals surface area contributed by atoms with E-state index in [9.17, 15) is 14.0 Å². The van der Waals surface area contributed by atoms with Gasteiger partial charge in [-0.25, -0.2) is 4.39 Å². The van der Waals surface area contributed by atoms with Gasteiger partial charge >= 0.3 is 0 Å².